The standard InChI is InChI=1S/C22H28N2O4S/c1-4-16(2)24(21(25)18-8-5-6-9-19(18)27-3)15-17-14-23(11-12-28-17)22(26)20-10-7-13-29-20/h5-10,13,16-17H,4,11-12,14-15H2,1-3H3/t16-,17+/m1/s1. The highest BCUT2D eigenvalue weighted by Crippen LogP contribution is 2.22. The molecule has 1 fully saturated rings. The maximum absolute atomic E-state index is 13.3. The summed E-state index contributed by atoms with van der Waals surface area (Å²) in [4.78, 5) is 30.4. The lowest BCUT2D eigenvalue weighted by Gasteiger charge is -2.37. The third-order valence-electron chi connectivity index (χ3n) is 5.28. The van der Waals surface area contributed by atoms with E-state index in [2.05, 4.69) is 6.92 Å². The van der Waals surface area contributed by atoms with Crippen LogP contribution in [0.2, 0.25) is 0 Å². The second-order valence-corrected chi connectivity index (χ2v) is 8.08. The molecule has 0 spiro atoms. The summed E-state index contributed by atoms with van der Waals surface area (Å²) in [5.74, 6) is 0.506. The zero-order valence-corrected chi connectivity index (χ0v) is 18.0. The molecule has 1 aliphatic rings. The molecule has 3 rings (SSSR count). The van der Waals surface area contributed by atoms with Gasteiger partial charge >= 0.3 is 0 Å². The monoisotopic (exact) mass is 416 g/mol. The number of nitrogens with zero attached hydrogens (tertiary/aromatic N) is 2. The van der Waals surface area contributed by atoms with Gasteiger partial charge in [0.25, 0.3) is 11.8 Å². The summed E-state index contributed by atoms with van der Waals surface area (Å²) < 4.78 is 11.3. The van der Waals surface area contributed by atoms with Gasteiger partial charge in [-0.3, -0.25) is 9.59 Å². The first-order valence-corrected chi connectivity index (χ1v) is 10.8. The van der Waals surface area contributed by atoms with E-state index < -0.39 is 0 Å². The first-order chi connectivity index (χ1) is 14.0. The number of carbonyl (C=O) groups is 2. The Balaban J connectivity index is 1.74. The predicted octanol–water partition coefficient (Wildman–Crippen LogP) is 3.54. The Hall–Kier alpha value is -2.38. The number of morpholine rings is 1. The van der Waals surface area contributed by atoms with E-state index in [4.69, 9.17) is 9.47 Å². The van der Waals surface area contributed by atoms with E-state index in [0.29, 0.717) is 37.6 Å². The molecule has 0 N–H and O–H groups in total. The minimum atomic E-state index is -0.222. The minimum Gasteiger partial charge on any atom is -0.496 e. The largest absolute Gasteiger partial charge is 0.496 e. The molecule has 2 amide bonds. The normalized spacial score (nSPS) is 17.6. The van der Waals surface area contributed by atoms with E-state index >= 15 is 0 Å². The first kappa shape index (κ1) is 21.3. The lowest BCUT2D eigenvalue weighted by molar-refractivity contribution is -0.0366. The Kier molecular flexibility index (Phi) is 7.28. The molecule has 0 bridgehead atoms. The van der Waals surface area contributed by atoms with E-state index in [-0.39, 0.29) is 24.0 Å². The van der Waals surface area contributed by atoms with Crippen molar-refractivity contribution in [3.63, 3.8) is 0 Å². The van der Waals surface area contributed by atoms with Gasteiger partial charge in [0.2, 0.25) is 0 Å². The van der Waals surface area contributed by atoms with Gasteiger partial charge in [0.1, 0.15) is 5.75 Å². The molecular formula is C22H28N2O4S. The Morgan fingerprint density at radius 3 is 2.79 bits per heavy atom. The van der Waals surface area contributed by atoms with Crippen LogP contribution in [0.4, 0.5) is 0 Å². The van der Waals surface area contributed by atoms with Gasteiger partial charge in [0.15, 0.2) is 0 Å². The summed E-state index contributed by atoms with van der Waals surface area (Å²) in [7, 11) is 1.57. The molecule has 1 aromatic carbocycles. The van der Waals surface area contributed by atoms with E-state index in [9.17, 15) is 9.59 Å². The van der Waals surface area contributed by atoms with Crippen LogP contribution in [0.25, 0.3) is 0 Å². The quantitative estimate of drug-likeness (QED) is 0.693. The summed E-state index contributed by atoms with van der Waals surface area (Å²) in [6, 6.07) is 11.0. The van der Waals surface area contributed by atoms with Crippen LogP contribution in [0.5, 0.6) is 5.75 Å². The third-order valence-corrected chi connectivity index (χ3v) is 6.14. The number of thiophene rings is 1. The van der Waals surface area contributed by atoms with E-state index in [1.807, 2.05) is 46.4 Å². The van der Waals surface area contributed by atoms with Gasteiger partial charge in [-0.1, -0.05) is 25.1 Å². The second-order valence-electron chi connectivity index (χ2n) is 7.14. The number of methoxy groups -OCH3 is 1. The van der Waals surface area contributed by atoms with Gasteiger partial charge in [-0.15, -0.1) is 11.3 Å². The predicted molar refractivity (Wildman–Crippen MR) is 114 cm³/mol. The van der Waals surface area contributed by atoms with E-state index in [1.54, 1.807) is 19.2 Å². The zero-order chi connectivity index (χ0) is 20.8. The van der Waals surface area contributed by atoms with E-state index in [0.717, 1.165) is 11.3 Å². The number of amides is 2. The average molecular weight is 417 g/mol. The maximum Gasteiger partial charge on any atom is 0.264 e. The van der Waals surface area contributed by atoms with Gasteiger partial charge in [0, 0.05) is 25.7 Å². The van der Waals surface area contributed by atoms with Crippen molar-refractivity contribution in [1.82, 2.24) is 9.80 Å². The highest BCUT2D eigenvalue weighted by atomic mass is 32.1. The van der Waals surface area contributed by atoms with Crippen LogP contribution in [0.15, 0.2) is 41.8 Å². The molecule has 0 unspecified atom stereocenters. The number of carbonyl (C=O) groups excluding carboxylic acids is 2. The molecular weight excluding hydrogens is 388 g/mol. The van der Waals surface area contributed by atoms with Crippen LogP contribution in [0, 0.1) is 0 Å². The van der Waals surface area contributed by atoms with Gasteiger partial charge in [-0.05, 0) is 36.9 Å². The zero-order valence-electron chi connectivity index (χ0n) is 17.2. The number of hydrogen-bond donors (Lipinski definition) is 0. The molecule has 1 aromatic heterocycles. The van der Waals surface area contributed by atoms with Gasteiger partial charge in [0.05, 0.1) is 30.3 Å². The van der Waals surface area contributed by atoms with Crippen molar-refractivity contribution in [2.45, 2.75) is 32.4 Å². The van der Waals surface area contributed by atoms with Crippen molar-refractivity contribution in [3.05, 3.63) is 52.2 Å². The molecule has 156 valence electrons. The van der Waals surface area contributed by atoms with Crippen molar-refractivity contribution >= 4 is 23.2 Å². The highest BCUT2D eigenvalue weighted by molar-refractivity contribution is 7.12. The molecule has 29 heavy (non-hydrogen) atoms. The molecule has 0 saturated carbocycles. The molecule has 1 aliphatic heterocycles. The number of hydrogen-bond acceptors (Lipinski definition) is 5. The highest BCUT2D eigenvalue weighted by Gasteiger charge is 2.31. The van der Waals surface area contributed by atoms with Crippen molar-refractivity contribution in [2.75, 3.05) is 33.4 Å². The van der Waals surface area contributed by atoms with Crippen LogP contribution in [0.3, 0.4) is 0 Å². The SMILES string of the molecule is CC[C@@H](C)N(C[C@@H]1CN(C(=O)c2cccs2)CCO1)C(=O)c1ccccc1OC. The van der Waals surface area contributed by atoms with Crippen LogP contribution < -0.4 is 4.74 Å². The fourth-order valence-electron chi connectivity index (χ4n) is 3.45. The van der Waals surface area contributed by atoms with Crippen molar-refractivity contribution in [2.24, 2.45) is 0 Å². The first-order valence-electron chi connectivity index (χ1n) is 9.93. The van der Waals surface area contributed by atoms with Crippen LogP contribution >= 0.6 is 11.3 Å². The van der Waals surface area contributed by atoms with Crippen LogP contribution in [-0.2, 0) is 4.74 Å². The topological polar surface area (TPSA) is 59.1 Å². The molecule has 2 atom stereocenters. The molecule has 7 heteroatoms. The number of ether oxygens (including phenoxy) is 2. The summed E-state index contributed by atoms with van der Waals surface area (Å²) in [6.07, 6.45) is 0.603. The number of rotatable bonds is 7. The van der Waals surface area contributed by atoms with Crippen LogP contribution in [-0.4, -0.2) is 67.1 Å². The van der Waals surface area contributed by atoms with Gasteiger partial charge in [-0.25, -0.2) is 0 Å². The number of para-hydroxylation sites is 1. The van der Waals surface area contributed by atoms with Crippen molar-refractivity contribution in [1.29, 1.82) is 0 Å². The second kappa shape index (κ2) is 9.89. The lowest BCUT2D eigenvalue weighted by Crippen LogP contribution is -2.52. The fourth-order valence-corrected chi connectivity index (χ4v) is 4.14. The summed E-state index contributed by atoms with van der Waals surface area (Å²) in [5, 5.41) is 1.90. The molecule has 6 nitrogen and oxygen atoms in total. The van der Waals surface area contributed by atoms with Crippen molar-refractivity contribution in [3.8, 4) is 5.75 Å². The Morgan fingerprint density at radius 1 is 1.31 bits per heavy atom. The molecule has 0 aliphatic carbocycles. The summed E-state index contributed by atoms with van der Waals surface area (Å²) >= 11 is 1.44. The molecule has 0 radical (unpaired) electrons. The van der Waals surface area contributed by atoms with Crippen molar-refractivity contribution < 1.29 is 19.1 Å². The third kappa shape index (κ3) is 4.97. The Bertz CT molecular complexity index is 824. The van der Waals surface area contributed by atoms with E-state index in [1.165, 1.54) is 11.3 Å². The molecule has 2 aromatic rings. The van der Waals surface area contributed by atoms with Gasteiger partial charge < -0.3 is 19.3 Å². The summed E-state index contributed by atoms with van der Waals surface area (Å²) in [5.41, 5.74) is 0.539. The molecule has 1 saturated heterocycles. The maximum atomic E-state index is 13.3. The average Bonchev–Trinajstić information content (AvgIpc) is 3.31. The Labute approximate surface area is 176 Å². The molecule has 2 heterocycles. The summed E-state index contributed by atoms with van der Waals surface area (Å²) in [6.45, 7) is 6.03. The van der Waals surface area contributed by atoms with Gasteiger partial charge in [-0.2, -0.15) is 0 Å². The Morgan fingerprint density at radius 2 is 2.10 bits per heavy atom. The minimum absolute atomic E-state index is 0.0273. The lowest BCUT2D eigenvalue weighted by atomic mass is 10.1. The fraction of sp³-hybridized carbons (Fsp3) is 0.455. The van der Waals surface area contributed by atoms with Crippen LogP contribution in [0.1, 0.15) is 40.3 Å². The number of benzene rings is 1. The smallest absolute Gasteiger partial charge is 0.264 e.